The van der Waals surface area contributed by atoms with Gasteiger partial charge in [-0.1, -0.05) is 12.1 Å². The molecule has 3 atom stereocenters. The van der Waals surface area contributed by atoms with Crippen molar-refractivity contribution in [1.29, 1.82) is 0 Å². The van der Waals surface area contributed by atoms with Crippen molar-refractivity contribution in [2.45, 2.75) is 57.3 Å². The largest absolute Gasteiger partial charge is 0.490 e. The molecule has 4 N–H and O–H groups in total. The van der Waals surface area contributed by atoms with E-state index in [4.69, 9.17) is 4.74 Å². The number of amides is 5. The standard InChI is InChI=1S/C27H30N4O6/c32-15-17-1-5-21(12-17)37-20-6-3-19(4-7-20)29-27(36)28-13-16-2-8-22-18(11-16)14-31(26(22)35)23-9-10-24(33)30-25(23)34/h2-4,6-8,11,17,21,23,32H,1,5,9-10,12-15H2,(H2,28,29,36)(H,30,33,34)/t17-,21+,23?/m1/s1. The number of urea groups is 1. The molecule has 0 bridgehead atoms. The van der Waals surface area contributed by atoms with Crippen molar-refractivity contribution in [3.63, 3.8) is 0 Å². The van der Waals surface area contributed by atoms with Gasteiger partial charge in [0, 0.05) is 37.4 Å². The van der Waals surface area contributed by atoms with Gasteiger partial charge in [-0.3, -0.25) is 19.7 Å². The van der Waals surface area contributed by atoms with Crippen LogP contribution in [0.4, 0.5) is 10.5 Å². The summed E-state index contributed by atoms with van der Waals surface area (Å²) in [5, 5.41) is 17.2. The number of rotatable bonds is 7. The summed E-state index contributed by atoms with van der Waals surface area (Å²) in [4.78, 5) is 50.4. The highest BCUT2D eigenvalue weighted by atomic mass is 16.5. The summed E-state index contributed by atoms with van der Waals surface area (Å²) in [7, 11) is 0. The maximum atomic E-state index is 12.8. The van der Waals surface area contributed by atoms with E-state index in [9.17, 15) is 24.3 Å². The second-order valence-electron chi connectivity index (χ2n) is 9.83. The number of carbonyl (C=O) groups excluding carboxylic acids is 4. The number of carbonyl (C=O) groups is 4. The van der Waals surface area contributed by atoms with Crippen LogP contribution in [0.25, 0.3) is 0 Å². The first-order valence-corrected chi connectivity index (χ1v) is 12.6. The molecule has 2 aliphatic heterocycles. The summed E-state index contributed by atoms with van der Waals surface area (Å²) in [6.07, 6.45) is 3.39. The fraction of sp³-hybridized carbons (Fsp3) is 0.407. The van der Waals surface area contributed by atoms with Crippen LogP contribution >= 0.6 is 0 Å². The molecule has 0 spiro atoms. The van der Waals surface area contributed by atoms with Gasteiger partial charge in [-0.2, -0.15) is 0 Å². The normalized spacial score (nSPS) is 23.0. The van der Waals surface area contributed by atoms with Gasteiger partial charge in [0.2, 0.25) is 11.8 Å². The number of hydrogen-bond donors (Lipinski definition) is 4. The first-order chi connectivity index (χ1) is 17.9. The van der Waals surface area contributed by atoms with E-state index in [0.717, 1.165) is 36.1 Å². The molecule has 0 aromatic heterocycles. The molecule has 1 aliphatic carbocycles. The van der Waals surface area contributed by atoms with Crippen molar-refractivity contribution in [2.75, 3.05) is 11.9 Å². The monoisotopic (exact) mass is 506 g/mol. The Morgan fingerprint density at radius 3 is 2.62 bits per heavy atom. The maximum Gasteiger partial charge on any atom is 0.319 e. The Kier molecular flexibility index (Phi) is 7.09. The highest BCUT2D eigenvalue weighted by Gasteiger charge is 2.39. The van der Waals surface area contributed by atoms with Gasteiger partial charge in [-0.05, 0) is 73.1 Å². The molecule has 3 aliphatic rings. The molecule has 1 saturated carbocycles. The van der Waals surface area contributed by atoms with Crippen LogP contribution in [-0.2, 0) is 22.7 Å². The van der Waals surface area contributed by atoms with Crippen molar-refractivity contribution in [2.24, 2.45) is 5.92 Å². The lowest BCUT2D eigenvalue weighted by Crippen LogP contribution is -2.52. The predicted molar refractivity (Wildman–Crippen MR) is 134 cm³/mol. The Balaban J connectivity index is 1.11. The number of imide groups is 1. The number of nitrogens with one attached hydrogen (secondary N) is 3. The van der Waals surface area contributed by atoms with Crippen molar-refractivity contribution >= 4 is 29.4 Å². The van der Waals surface area contributed by atoms with E-state index in [1.165, 1.54) is 4.90 Å². The van der Waals surface area contributed by atoms with Crippen molar-refractivity contribution in [3.05, 3.63) is 59.2 Å². The van der Waals surface area contributed by atoms with Crippen LogP contribution in [0, 0.1) is 5.92 Å². The average Bonchev–Trinajstić information content (AvgIpc) is 3.47. The molecular weight excluding hydrogens is 476 g/mol. The lowest BCUT2D eigenvalue weighted by molar-refractivity contribution is -0.136. The quantitative estimate of drug-likeness (QED) is 0.426. The third-order valence-corrected chi connectivity index (χ3v) is 7.21. The van der Waals surface area contributed by atoms with E-state index in [0.29, 0.717) is 23.6 Å². The number of nitrogens with zero attached hydrogens (tertiary/aromatic N) is 1. The maximum absolute atomic E-state index is 12.8. The lowest BCUT2D eigenvalue weighted by atomic mass is 10.0. The summed E-state index contributed by atoms with van der Waals surface area (Å²) in [6.45, 7) is 0.749. The van der Waals surface area contributed by atoms with Crippen LogP contribution < -0.4 is 20.7 Å². The lowest BCUT2D eigenvalue weighted by Gasteiger charge is -2.29. The summed E-state index contributed by atoms with van der Waals surface area (Å²) < 4.78 is 5.97. The molecule has 2 aromatic carbocycles. The van der Waals surface area contributed by atoms with E-state index >= 15 is 0 Å². The van der Waals surface area contributed by atoms with Crippen LogP contribution in [0.3, 0.4) is 0 Å². The fourth-order valence-corrected chi connectivity index (χ4v) is 5.21. The van der Waals surface area contributed by atoms with E-state index in [1.54, 1.807) is 24.3 Å². The topological polar surface area (TPSA) is 137 Å². The zero-order chi connectivity index (χ0) is 25.9. The zero-order valence-electron chi connectivity index (χ0n) is 20.4. The van der Waals surface area contributed by atoms with Gasteiger partial charge in [-0.25, -0.2) is 4.79 Å². The van der Waals surface area contributed by atoms with E-state index < -0.39 is 11.9 Å². The van der Waals surface area contributed by atoms with Crippen LogP contribution in [0.1, 0.15) is 53.6 Å². The summed E-state index contributed by atoms with van der Waals surface area (Å²) >= 11 is 0. The number of aliphatic hydroxyl groups is 1. The second kappa shape index (κ2) is 10.6. The van der Waals surface area contributed by atoms with Gasteiger partial charge in [0.25, 0.3) is 5.91 Å². The smallest absolute Gasteiger partial charge is 0.319 e. The Hall–Kier alpha value is -3.92. The Labute approximate surface area is 214 Å². The van der Waals surface area contributed by atoms with E-state index in [2.05, 4.69) is 16.0 Å². The Bertz CT molecular complexity index is 1210. The molecular formula is C27H30N4O6. The van der Waals surface area contributed by atoms with Crippen LogP contribution in [0.2, 0.25) is 0 Å². The highest BCUT2D eigenvalue weighted by Crippen LogP contribution is 2.30. The molecule has 37 heavy (non-hydrogen) atoms. The minimum absolute atomic E-state index is 0.109. The van der Waals surface area contributed by atoms with Crippen molar-refractivity contribution in [3.8, 4) is 5.75 Å². The SMILES string of the molecule is O=C1CCC(N2Cc3cc(CNC(=O)Nc4ccc(O[C@H]5CC[C@@H](CO)C5)cc4)ccc3C2=O)C(=O)N1. The molecule has 5 amide bonds. The molecule has 5 rings (SSSR count). The average molecular weight is 507 g/mol. The van der Waals surface area contributed by atoms with Gasteiger partial charge < -0.3 is 25.4 Å². The fourth-order valence-electron chi connectivity index (χ4n) is 5.21. The number of ether oxygens (including phenoxy) is 1. The summed E-state index contributed by atoms with van der Waals surface area (Å²) in [5.41, 5.74) is 2.78. The first-order valence-electron chi connectivity index (χ1n) is 12.6. The highest BCUT2D eigenvalue weighted by molar-refractivity contribution is 6.05. The zero-order valence-corrected chi connectivity index (χ0v) is 20.4. The molecule has 10 nitrogen and oxygen atoms in total. The number of hydrogen-bond acceptors (Lipinski definition) is 6. The van der Waals surface area contributed by atoms with Crippen molar-refractivity contribution < 1.29 is 29.0 Å². The predicted octanol–water partition coefficient (Wildman–Crippen LogP) is 2.31. The van der Waals surface area contributed by atoms with Gasteiger partial charge in [0.1, 0.15) is 11.8 Å². The van der Waals surface area contributed by atoms with Crippen LogP contribution in [0.5, 0.6) is 5.75 Å². The molecule has 194 valence electrons. The summed E-state index contributed by atoms with van der Waals surface area (Å²) in [5.74, 6) is 0.0562. The summed E-state index contributed by atoms with van der Waals surface area (Å²) in [6, 6.07) is 11.5. The minimum atomic E-state index is -0.655. The number of fused-ring (bicyclic) bond motifs is 1. The van der Waals surface area contributed by atoms with Gasteiger partial charge in [0.15, 0.2) is 0 Å². The van der Waals surface area contributed by atoms with Crippen LogP contribution in [-0.4, -0.2) is 52.5 Å². The molecule has 2 fully saturated rings. The minimum Gasteiger partial charge on any atom is -0.490 e. The van der Waals surface area contributed by atoms with E-state index in [-0.39, 0.29) is 50.1 Å². The van der Waals surface area contributed by atoms with Gasteiger partial charge in [0.05, 0.1) is 6.10 Å². The van der Waals surface area contributed by atoms with Crippen LogP contribution in [0.15, 0.2) is 42.5 Å². The number of aliphatic hydroxyl groups excluding tert-OH is 1. The van der Waals surface area contributed by atoms with E-state index in [1.807, 2.05) is 18.2 Å². The third kappa shape index (κ3) is 5.59. The third-order valence-electron chi connectivity index (χ3n) is 7.21. The molecule has 1 saturated heterocycles. The molecule has 0 radical (unpaired) electrons. The Morgan fingerprint density at radius 1 is 1.08 bits per heavy atom. The van der Waals surface area contributed by atoms with Crippen molar-refractivity contribution in [1.82, 2.24) is 15.5 Å². The molecule has 2 heterocycles. The molecule has 1 unspecified atom stereocenters. The first kappa shape index (κ1) is 24.8. The molecule has 10 heteroatoms. The number of anilines is 1. The van der Waals surface area contributed by atoms with Gasteiger partial charge in [-0.15, -0.1) is 0 Å². The number of piperidine rings is 1. The Morgan fingerprint density at radius 2 is 1.89 bits per heavy atom. The second-order valence-corrected chi connectivity index (χ2v) is 9.83. The molecule has 2 aromatic rings. The van der Waals surface area contributed by atoms with Gasteiger partial charge >= 0.3 is 6.03 Å². The number of benzene rings is 2.